The lowest BCUT2D eigenvalue weighted by Gasteiger charge is -2.06. The number of ether oxygens (including phenoxy) is 2. The minimum Gasteiger partial charge on any atom is -0.497 e. The molecule has 0 atom stereocenters. The van der Waals surface area contributed by atoms with Gasteiger partial charge >= 0.3 is 0 Å². The fraction of sp³-hybridized carbons (Fsp3) is 0.300. The van der Waals surface area contributed by atoms with E-state index in [4.69, 9.17) is 9.47 Å². The average molecular weight is 307 g/mol. The molecule has 2 aromatic carbocycles. The van der Waals surface area contributed by atoms with Gasteiger partial charge in [0.15, 0.2) is 0 Å². The van der Waals surface area contributed by atoms with Crippen LogP contribution in [-0.2, 0) is 30.9 Å². The first kappa shape index (κ1) is 14.3. The number of aryl methyl sites for hydroxylation is 1. The van der Waals surface area contributed by atoms with Crippen molar-refractivity contribution in [1.29, 1.82) is 0 Å². The normalized spacial score (nSPS) is 13.4. The van der Waals surface area contributed by atoms with Crippen molar-refractivity contribution in [1.82, 2.24) is 4.57 Å². The van der Waals surface area contributed by atoms with Crippen LogP contribution in [0.2, 0.25) is 0 Å². The zero-order valence-electron chi connectivity index (χ0n) is 13.4. The maximum absolute atomic E-state index is 6.02. The monoisotopic (exact) mass is 307 g/mol. The first-order valence-corrected chi connectivity index (χ1v) is 8.16. The van der Waals surface area contributed by atoms with Gasteiger partial charge in [-0.25, -0.2) is 0 Å². The van der Waals surface area contributed by atoms with Crippen LogP contribution in [0.15, 0.2) is 48.5 Å². The Hall–Kier alpha value is -2.26. The zero-order chi connectivity index (χ0) is 15.6. The summed E-state index contributed by atoms with van der Waals surface area (Å²) in [5, 5.41) is 1.27. The van der Waals surface area contributed by atoms with Gasteiger partial charge in [-0.15, -0.1) is 0 Å². The van der Waals surface area contributed by atoms with E-state index in [1.54, 1.807) is 7.11 Å². The van der Waals surface area contributed by atoms with Crippen molar-refractivity contribution in [2.75, 3.05) is 7.11 Å². The fourth-order valence-corrected chi connectivity index (χ4v) is 3.54. The fourth-order valence-electron chi connectivity index (χ4n) is 3.54. The van der Waals surface area contributed by atoms with Gasteiger partial charge in [0.2, 0.25) is 0 Å². The van der Waals surface area contributed by atoms with E-state index in [-0.39, 0.29) is 0 Å². The molecule has 3 heteroatoms. The summed E-state index contributed by atoms with van der Waals surface area (Å²) in [5.41, 5.74) is 5.27. The Morgan fingerprint density at radius 3 is 2.74 bits per heavy atom. The molecule has 3 aromatic rings. The Morgan fingerprint density at radius 1 is 1.04 bits per heavy atom. The van der Waals surface area contributed by atoms with Crippen LogP contribution in [0.5, 0.6) is 5.75 Å². The molecule has 0 saturated heterocycles. The highest BCUT2D eigenvalue weighted by atomic mass is 16.5. The molecular weight excluding hydrogens is 286 g/mol. The molecule has 0 saturated carbocycles. The number of hydrogen-bond donors (Lipinski definition) is 0. The van der Waals surface area contributed by atoms with Crippen molar-refractivity contribution >= 4 is 10.9 Å². The molecule has 4 rings (SSSR count). The van der Waals surface area contributed by atoms with Crippen LogP contribution in [0, 0.1) is 0 Å². The zero-order valence-corrected chi connectivity index (χ0v) is 13.4. The molecule has 3 nitrogen and oxygen atoms in total. The lowest BCUT2D eigenvalue weighted by Crippen LogP contribution is -1.97. The van der Waals surface area contributed by atoms with Crippen LogP contribution in [-0.4, -0.2) is 11.7 Å². The standard InChI is InChI=1S/C20H21NO2/c1-22-16-9-10-20-17(12-16)18(19-8-5-11-21(19)20)14-23-13-15-6-3-2-4-7-15/h2-4,6-7,9-10,12H,5,8,11,13-14H2,1H3. The van der Waals surface area contributed by atoms with Gasteiger partial charge in [-0.05, 0) is 36.6 Å². The van der Waals surface area contributed by atoms with Crippen molar-refractivity contribution in [2.24, 2.45) is 0 Å². The Bertz CT molecular complexity index is 821. The van der Waals surface area contributed by atoms with Crippen LogP contribution in [0.1, 0.15) is 23.2 Å². The third-order valence-electron chi connectivity index (χ3n) is 4.65. The highest BCUT2D eigenvalue weighted by Gasteiger charge is 2.21. The number of fused-ring (bicyclic) bond motifs is 3. The lowest BCUT2D eigenvalue weighted by atomic mass is 10.1. The molecule has 0 amide bonds. The Kier molecular flexibility index (Phi) is 3.80. The number of rotatable bonds is 5. The molecule has 1 aromatic heterocycles. The molecule has 1 aliphatic heterocycles. The van der Waals surface area contributed by atoms with E-state index in [0.29, 0.717) is 13.2 Å². The Balaban J connectivity index is 1.63. The largest absolute Gasteiger partial charge is 0.497 e. The topological polar surface area (TPSA) is 23.4 Å². The molecule has 0 radical (unpaired) electrons. The third kappa shape index (κ3) is 2.62. The van der Waals surface area contributed by atoms with Crippen molar-refractivity contribution < 1.29 is 9.47 Å². The first-order chi connectivity index (χ1) is 11.4. The van der Waals surface area contributed by atoms with Crippen molar-refractivity contribution in [2.45, 2.75) is 32.6 Å². The predicted molar refractivity (Wildman–Crippen MR) is 91.7 cm³/mol. The summed E-state index contributed by atoms with van der Waals surface area (Å²) in [6, 6.07) is 16.7. The molecule has 0 N–H and O–H groups in total. The van der Waals surface area contributed by atoms with Crippen LogP contribution in [0.25, 0.3) is 10.9 Å². The second-order valence-electron chi connectivity index (χ2n) is 6.04. The van der Waals surface area contributed by atoms with Crippen LogP contribution >= 0.6 is 0 Å². The van der Waals surface area contributed by atoms with Gasteiger partial charge in [-0.3, -0.25) is 0 Å². The molecule has 118 valence electrons. The van der Waals surface area contributed by atoms with E-state index in [2.05, 4.69) is 41.0 Å². The summed E-state index contributed by atoms with van der Waals surface area (Å²) in [6.45, 7) is 2.41. The average Bonchev–Trinajstić information content (AvgIpc) is 3.17. The Morgan fingerprint density at radius 2 is 1.91 bits per heavy atom. The van der Waals surface area contributed by atoms with Gasteiger partial charge in [-0.2, -0.15) is 0 Å². The number of nitrogens with zero attached hydrogens (tertiary/aromatic N) is 1. The molecule has 1 aliphatic rings. The molecule has 0 unspecified atom stereocenters. The molecule has 2 heterocycles. The van der Waals surface area contributed by atoms with Gasteiger partial charge in [0.1, 0.15) is 5.75 Å². The van der Waals surface area contributed by atoms with E-state index in [0.717, 1.165) is 18.7 Å². The summed E-state index contributed by atoms with van der Waals surface area (Å²) >= 11 is 0. The van der Waals surface area contributed by atoms with E-state index in [1.165, 1.54) is 34.1 Å². The summed E-state index contributed by atoms with van der Waals surface area (Å²) in [7, 11) is 1.72. The van der Waals surface area contributed by atoms with Crippen molar-refractivity contribution in [3.63, 3.8) is 0 Å². The molecule has 23 heavy (non-hydrogen) atoms. The van der Waals surface area contributed by atoms with Gasteiger partial charge in [0, 0.05) is 28.7 Å². The minimum atomic E-state index is 0.650. The van der Waals surface area contributed by atoms with Crippen LogP contribution in [0.3, 0.4) is 0 Å². The third-order valence-corrected chi connectivity index (χ3v) is 4.65. The van der Waals surface area contributed by atoms with Crippen molar-refractivity contribution in [3.8, 4) is 5.75 Å². The van der Waals surface area contributed by atoms with Crippen molar-refractivity contribution in [3.05, 3.63) is 65.4 Å². The highest BCUT2D eigenvalue weighted by Crippen LogP contribution is 2.34. The van der Waals surface area contributed by atoms with Gasteiger partial charge in [0.25, 0.3) is 0 Å². The molecule has 0 fully saturated rings. The molecule has 0 bridgehead atoms. The number of aromatic nitrogens is 1. The van der Waals surface area contributed by atoms with E-state index < -0.39 is 0 Å². The quantitative estimate of drug-likeness (QED) is 0.701. The number of hydrogen-bond acceptors (Lipinski definition) is 2. The van der Waals surface area contributed by atoms with Gasteiger partial charge in [-0.1, -0.05) is 30.3 Å². The first-order valence-electron chi connectivity index (χ1n) is 8.16. The Labute approximate surface area is 136 Å². The lowest BCUT2D eigenvalue weighted by molar-refractivity contribution is 0.107. The van der Waals surface area contributed by atoms with Crippen LogP contribution < -0.4 is 4.74 Å². The minimum absolute atomic E-state index is 0.650. The van der Waals surface area contributed by atoms with Gasteiger partial charge < -0.3 is 14.0 Å². The van der Waals surface area contributed by atoms with E-state index in [1.807, 2.05) is 12.1 Å². The highest BCUT2D eigenvalue weighted by molar-refractivity contribution is 5.87. The number of benzene rings is 2. The second kappa shape index (κ2) is 6.09. The maximum Gasteiger partial charge on any atom is 0.119 e. The summed E-state index contributed by atoms with van der Waals surface area (Å²) < 4.78 is 13.9. The molecule has 0 spiro atoms. The predicted octanol–water partition coefficient (Wildman–Crippen LogP) is 4.31. The summed E-state index contributed by atoms with van der Waals surface area (Å²) in [6.07, 6.45) is 2.37. The van der Waals surface area contributed by atoms with Crippen LogP contribution in [0.4, 0.5) is 0 Å². The number of methoxy groups -OCH3 is 1. The smallest absolute Gasteiger partial charge is 0.119 e. The summed E-state index contributed by atoms with van der Waals surface area (Å²) in [4.78, 5) is 0. The SMILES string of the molecule is COc1ccc2c(c1)c(COCc1ccccc1)c1n2CCC1. The molecular formula is C20H21NO2. The van der Waals surface area contributed by atoms with E-state index >= 15 is 0 Å². The van der Waals surface area contributed by atoms with E-state index in [9.17, 15) is 0 Å². The second-order valence-corrected chi connectivity index (χ2v) is 6.04. The maximum atomic E-state index is 6.02. The summed E-state index contributed by atoms with van der Waals surface area (Å²) in [5.74, 6) is 0.908. The molecule has 0 aliphatic carbocycles. The van der Waals surface area contributed by atoms with Gasteiger partial charge in [0.05, 0.1) is 20.3 Å².